The summed E-state index contributed by atoms with van der Waals surface area (Å²) in [5.41, 5.74) is 3.10. The number of carbonyl (C=O) groups excluding carboxylic acids is 2. The quantitative estimate of drug-likeness (QED) is 0.423. The van der Waals surface area contributed by atoms with Crippen LogP contribution >= 0.6 is 11.3 Å². The minimum atomic E-state index is -0.630. The highest BCUT2D eigenvalue weighted by Gasteiger charge is 2.21. The van der Waals surface area contributed by atoms with E-state index in [2.05, 4.69) is 15.2 Å². The minimum Gasteiger partial charge on any atom is -0.452 e. The number of para-hydroxylation sites is 1. The number of esters is 1. The third-order valence-corrected chi connectivity index (χ3v) is 5.10. The van der Waals surface area contributed by atoms with Gasteiger partial charge in [-0.05, 0) is 26.0 Å². The number of fused-ring (bicyclic) bond motifs is 1. The molecule has 0 atom stereocenters. The Hall–Kier alpha value is -3.26. The summed E-state index contributed by atoms with van der Waals surface area (Å²) in [5.74, 6) is -0.895. The van der Waals surface area contributed by atoms with Crippen LogP contribution in [0.3, 0.4) is 0 Å². The number of H-pyrrole nitrogens is 1. The fourth-order valence-corrected chi connectivity index (χ4v) is 3.81. The Morgan fingerprint density at radius 1 is 1.26 bits per heavy atom. The molecule has 7 nitrogen and oxygen atoms in total. The molecule has 136 valence electrons. The van der Waals surface area contributed by atoms with Gasteiger partial charge in [0.05, 0.1) is 5.52 Å². The number of hydrogen-bond donors (Lipinski definition) is 1. The molecule has 0 bridgehead atoms. The van der Waals surface area contributed by atoms with E-state index in [9.17, 15) is 9.59 Å². The summed E-state index contributed by atoms with van der Waals surface area (Å²) in [5, 5.41) is 10.1. The average molecular weight is 380 g/mol. The highest BCUT2D eigenvalue weighted by Crippen LogP contribution is 2.23. The van der Waals surface area contributed by atoms with Gasteiger partial charge in [0.15, 0.2) is 17.4 Å². The molecule has 27 heavy (non-hydrogen) atoms. The van der Waals surface area contributed by atoms with E-state index in [1.54, 1.807) is 18.3 Å². The van der Waals surface area contributed by atoms with Crippen LogP contribution in [0.5, 0.6) is 0 Å². The van der Waals surface area contributed by atoms with Crippen LogP contribution in [-0.2, 0) is 4.74 Å². The topological polar surface area (TPSA) is 89.9 Å². The predicted octanol–water partition coefficient (Wildman–Crippen LogP) is 3.47. The summed E-state index contributed by atoms with van der Waals surface area (Å²) in [4.78, 5) is 29.2. The first kappa shape index (κ1) is 17.2. The Balaban J connectivity index is 1.52. The lowest BCUT2D eigenvalue weighted by molar-refractivity contribution is 0.0470. The Labute approximate surface area is 158 Å². The van der Waals surface area contributed by atoms with Crippen molar-refractivity contribution in [1.82, 2.24) is 19.7 Å². The van der Waals surface area contributed by atoms with Crippen molar-refractivity contribution in [2.45, 2.75) is 13.8 Å². The molecule has 3 heterocycles. The summed E-state index contributed by atoms with van der Waals surface area (Å²) < 4.78 is 7.13. The van der Waals surface area contributed by atoms with E-state index in [0.717, 1.165) is 22.0 Å². The van der Waals surface area contributed by atoms with Crippen LogP contribution in [-0.4, -0.2) is 38.1 Å². The number of thiazole rings is 1. The number of rotatable bonds is 5. The molecule has 0 aliphatic rings. The van der Waals surface area contributed by atoms with Crippen LogP contribution in [0.25, 0.3) is 16.0 Å². The van der Waals surface area contributed by atoms with Crippen LogP contribution in [0, 0.1) is 13.8 Å². The Bertz CT molecular complexity index is 1140. The van der Waals surface area contributed by atoms with Gasteiger partial charge in [0.2, 0.25) is 5.78 Å². The van der Waals surface area contributed by atoms with Gasteiger partial charge in [-0.25, -0.2) is 9.78 Å². The van der Waals surface area contributed by atoms with Gasteiger partial charge in [-0.1, -0.05) is 18.2 Å². The molecule has 0 amide bonds. The molecule has 1 aromatic carbocycles. The van der Waals surface area contributed by atoms with E-state index in [1.165, 1.54) is 11.3 Å². The molecule has 0 spiro atoms. The second-order valence-electron chi connectivity index (χ2n) is 6.05. The van der Waals surface area contributed by atoms with Crippen molar-refractivity contribution < 1.29 is 14.3 Å². The number of ether oxygens (including phenoxy) is 1. The van der Waals surface area contributed by atoms with Crippen molar-refractivity contribution in [3.63, 3.8) is 0 Å². The fraction of sp³-hybridized carbons (Fsp3) is 0.158. The van der Waals surface area contributed by atoms with Crippen molar-refractivity contribution in [3.8, 4) is 5.13 Å². The standard InChI is InChI=1S/C19H16N4O3S/c1-11-9-14(12(2)23(11)19-20-7-8-27-19)16(24)10-26-18(25)17-13-5-3-4-6-15(13)21-22-17/h3-9H,10H2,1-2H3,(H,21,22). The number of aromatic nitrogens is 4. The third kappa shape index (κ3) is 3.04. The Morgan fingerprint density at radius 3 is 2.85 bits per heavy atom. The first-order chi connectivity index (χ1) is 13.1. The molecule has 0 aliphatic heterocycles. The smallest absolute Gasteiger partial charge is 0.359 e. The molecule has 0 radical (unpaired) electrons. The zero-order valence-corrected chi connectivity index (χ0v) is 15.5. The minimum absolute atomic E-state index is 0.173. The monoisotopic (exact) mass is 380 g/mol. The van der Waals surface area contributed by atoms with Gasteiger partial charge < -0.3 is 4.74 Å². The van der Waals surface area contributed by atoms with Crippen LogP contribution in [0.15, 0.2) is 41.9 Å². The number of nitrogens with zero attached hydrogens (tertiary/aromatic N) is 3. The largest absolute Gasteiger partial charge is 0.452 e. The molecular weight excluding hydrogens is 364 g/mol. The first-order valence-electron chi connectivity index (χ1n) is 8.28. The van der Waals surface area contributed by atoms with Crippen molar-refractivity contribution in [3.05, 3.63) is 64.6 Å². The summed E-state index contributed by atoms with van der Waals surface area (Å²) in [6.07, 6.45) is 1.72. The molecule has 0 saturated carbocycles. The van der Waals surface area contributed by atoms with E-state index < -0.39 is 5.97 Å². The van der Waals surface area contributed by atoms with E-state index >= 15 is 0 Å². The molecule has 4 aromatic rings. The second kappa shape index (κ2) is 6.81. The predicted molar refractivity (Wildman–Crippen MR) is 102 cm³/mol. The first-order valence-corrected chi connectivity index (χ1v) is 9.16. The maximum atomic E-state index is 12.6. The van der Waals surface area contributed by atoms with Gasteiger partial charge in [-0.15, -0.1) is 11.3 Å². The maximum Gasteiger partial charge on any atom is 0.359 e. The second-order valence-corrected chi connectivity index (χ2v) is 6.93. The van der Waals surface area contributed by atoms with Gasteiger partial charge in [0.25, 0.3) is 0 Å². The fourth-order valence-electron chi connectivity index (χ4n) is 3.06. The van der Waals surface area contributed by atoms with Crippen LogP contribution in [0.1, 0.15) is 32.2 Å². The molecule has 0 saturated heterocycles. The number of aryl methyl sites for hydroxylation is 1. The van der Waals surface area contributed by atoms with Gasteiger partial charge in [0.1, 0.15) is 0 Å². The SMILES string of the molecule is Cc1cc(C(=O)COC(=O)c2n[nH]c3ccccc23)c(C)n1-c1nccs1. The molecule has 4 rings (SSSR count). The molecule has 0 fully saturated rings. The van der Waals surface area contributed by atoms with E-state index in [1.807, 2.05) is 42.0 Å². The summed E-state index contributed by atoms with van der Waals surface area (Å²) in [7, 11) is 0. The third-order valence-electron chi connectivity index (χ3n) is 4.34. The number of carbonyl (C=O) groups is 2. The number of benzene rings is 1. The molecular formula is C19H16N4O3S. The number of hydrogen-bond acceptors (Lipinski definition) is 6. The normalized spacial score (nSPS) is 11.0. The summed E-state index contributed by atoms with van der Waals surface area (Å²) in [6, 6.07) is 9.04. The number of aromatic amines is 1. The zero-order chi connectivity index (χ0) is 19.0. The lowest BCUT2D eigenvalue weighted by atomic mass is 10.1. The Morgan fingerprint density at radius 2 is 2.07 bits per heavy atom. The average Bonchev–Trinajstić information content (AvgIpc) is 3.38. The van der Waals surface area contributed by atoms with Crippen LogP contribution in [0.4, 0.5) is 0 Å². The van der Waals surface area contributed by atoms with Gasteiger partial charge in [-0.3, -0.25) is 14.5 Å². The van der Waals surface area contributed by atoms with Gasteiger partial charge in [-0.2, -0.15) is 5.10 Å². The molecule has 8 heteroatoms. The summed E-state index contributed by atoms with van der Waals surface area (Å²) in [6.45, 7) is 3.42. The molecule has 0 unspecified atom stereocenters. The van der Waals surface area contributed by atoms with E-state index in [0.29, 0.717) is 10.9 Å². The molecule has 3 aromatic heterocycles. The molecule has 1 N–H and O–H groups in total. The van der Waals surface area contributed by atoms with Crippen LogP contribution < -0.4 is 0 Å². The van der Waals surface area contributed by atoms with Crippen molar-refractivity contribution in [1.29, 1.82) is 0 Å². The van der Waals surface area contributed by atoms with Crippen molar-refractivity contribution in [2.24, 2.45) is 0 Å². The van der Waals surface area contributed by atoms with Crippen LogP contribution in [0.2, 0.25) is 0 Å². The van der Waals surface area contributed by atoms with E-state index in [-0.39, 0.29) is 18.1 Å². The van der Waals surface area contributed by atoms with Gasteiger partial charge >= 0.3 is 5.97 Å². The Kier molecular flexibility index (Phi) is 4.33. The van der Waals surface area contributed by atoms with E-state index in [4.69, 9.17) is 4.74 Å². The highest BCUT2D eigenvalue weighted by atomic mass is 32.1. The number of Topliss-reactive ketones (excluding diaryl/α,β-unsaturated/α-hetero) is 1. The summed E-state index contributed by atoms with van der Waals surface area (Å²) >= 11 is 1.49. The lowest BCUT2D eigenvalue weighted by Crippen LogP contribution is -2.15. The zero-order valence-electron chi connectivity index (χ0n) is 14.7. The number of nitrogens with one attached hydrogen (secondary N) is 1. The van der Waals surface area contributed by atoms with Crippen molar-refractivity contribution in [2.75, 3.05) is 6.61 Å². The van der Waals surface area contributed by atoms with Crippen molar-refractivity contribution >= 4 is 34.0 Å². The lowest BCUT2D eigenvalue weighted by Gasteiger charge is -2.06. The van der Waals surface area contributed by atoms with Gasteiger partial charge in [0, 0.05) is 33.9 Å². The number of ketones is 1. The molecule has 0 aliphatic carbocycles. The maximum absolute atomic E-state index is 12.6. The highest BCUT2D eigenvalue weighted by molar-refractivity contribution is 7.12.